The van der Waals surface area contributed by atoms with Crippen molar-refractivity contribution >= 4 is 27.8 Å². The summed E-state index contributed by atoms with van der Waals surface area (Å²) in [6, 6.07) is 9.13. The smallest absolute Gasteiger partial charge is 0.324 e. The Kier molecular flexibility index (Phi) is 5.80. The lowest BCUT2D eigenvalue weighted by Crippen LogP contribution is -2.42. The van der Waals surface area contributed by atoms with Gasteiger partial charge in [0.1, 0.15) is 18.5 Å². The van der Waals surface area contributed by atoms with Crippen molar-refractivity contribution in [3.63, 3.8) is 0 Å². The van der Waals surface area contributed by atoms with E-state index in [4.69, 9.17) is 4.74 Å². The summed E-state index contributed by atoms with van der Waals surface area (Å²) in [5, 5.41) is 9.97. The van der Waals surface area contributed by atoms with Gasteiger partial charge in [0.25, 0.3) is 11.8 Å². The number of esters is 1. The van der Waals surface area contributed by atoms with Crippen molar-refractivity contribution in [1.29, 1.82) is 0 Å². The van der Waals surface area contributed by atoms with Gasteiger partial charge in [-0.1, -0.05) is 12.1 Å². The van der Waals surface area contributed by atoms with E-state index in [0.717, 1.165) is 33.5 Å². The SMILES string of the molecule is O=C(OCCN1C(=O)c2ccccc2C1=O)C1CC(O)CN1S(=O)(=O)c1ccc(F)cc1. The van der Waals surface area contributed by atoms with Crippen LogP contribution in [-0.4, -0.2) is 72.4 Å². The highest BCUT2D eigenvalue weighted by molar-refractivity contribution is 7.89. The zero-order valence-corrected chi connectivity index (χ0v) is 17.5. The van der Waals surface area contributed by atoms with Crippen LogP contribution in [0.25, 0.3) is 0 Å². The summed E-state index contributed by atoms with van der Waals surface area (Å²) in [6.07, 6.45) is -1.26. The van der Waals surface area contributed by atoms with Crippen LogP contribution in [0.2, 0.25) is 0 Å². The number of aliphatic hydroxyl groups excluding tert-OH is 1. The molecule has 1 fully saturated rings. The van der Waals surface area contributed by atoms with E-state index in [2.05, 4.69) is 0 Å². The number of nitrogens with zero attached hydrogens (tertiary/aromatic N) is 2. The molecule has 1 N–H and O–H groups in total. The average molecular weight is 462 g/mol. The van der Waals surface area contributed by atoms with Gasteiger partial charge in [-0.25, -0.2) is 12.8 Å². The van der Waals surface area contributed by atoms with Crippen LogP contribution >= 0.6 is 0 Å². The van der Waals surface area contributed by atoms with Gasteiger partial charge in [-0.15, -0.1) is 0 Å². The van der Waals surface area contributed by atoms with Gasteiger partial charge in [0.15, 0.2) is 0 Å². The van der Waals surface area contributed by atoms with Gasteiger partial charge in [-0.2, -0.15) is 4.31 Å². The molecule has 32 heavy (non-hydrogen) atoms. The van der Waals surface area contributed by atoms with Gasteiger partial charge in [0, 0.05) is 13.0 Å². The predicted octanol–water partition coefficient (Wildman–Crippen LogP) is 0.789. The van der Waals surface area contributed by atoms with E-state index in [1.165, 1.54) is 12.1 Å². The quantitative estimate of drug-likeness (QED) is 0.498. The fourth-order valence-electron chi connectivity index (χ4n) is 3.78. The number of sulfonamides is 1. The van der Waals surface area contributed by atoms with Crippen LogP contribution in [0.4, 0.5) is 4.39 Å². The first-order chi connectivity index (χ1) is 15.2. The van der Waals surface area contributed by atoms with Crippen LogP contribution in [0.3, 0.4) is 0 Å². The number of imide groups is 1. The van der Waals surface area contributed by atoms with Gasteiger partial charge in [-0.05, 0) is 36.4 Å². The molecule has 2 unspecified atom stereocenters. The van der Waals surface area contributed by atoms with E-state index in [1.54, 1.807) is 12.1 Å². The number of carbonyl (C=O) groups excluding carboxylic acids is 3. The van der Waals surface area contributed by atoms with Crippen LogP contribution < -0.4 is 0 Å². The topological polar surface area (TPSA) is 121 Å². The molecule has 1 saturated heterocycles. The minimum absolute atomic E-state index is 0.174. The maximum Gasteiger partial charge on any atom is 0.324 e. The summed E-state index contributed by atoms with van der Waals surface area (Å²) in [6.45, 7) is -0.850. The number of rotatable bonds is 6. The lowest BCUT2D eigenvalue weighted by atomic mass is 10.1. The number of hydrogen-bond donors (Lipinski definition) is 1. The summed E-state index contributed by atoms with van der Waals surface area (Å²) in [4.78, 5) is 38.1. The number of amides is 2. The Morgan fingerprint density at radius 2 is 1.66 bits per heavy atom. The predicted molar refractivity (Wildman–Crippen MR) is 107 cm³/mol. The highest BCUT2D eigenvalue weighted by atomic mass is 32.2. The zero-order chi connectivity index (χ0) is 23.0. The first-order valence-electron chi connectivity index (χ1n) is 9.77. The second-order valence-corrected chi connectivity index (χ2v) is 9.30. The Morgan fingerprint density at radius 3 is 2.25 bits per heavy atom. The number of halogens is 1. The van der Waals surface area contributed by atoms with Gasteiger partial charge >= 0.3 is 5.97 Å². The number of fused-ring (bicyclic) bond motifs is 1. The molecule has 0 saturated carbocycles. The fraction of sp³-hybridized carbons (Fsp3) is 0.286. The van der Waals surface area contributed by atoms with E-state index in [9.17, 15) is 32.3 Å². The highest BCUT2D eigenvalue weighted by Gasteiger charge is 2.44. The fourth-order valence-corrected chi connectivity index (χ4v) is 5.41. The minimum Gasteiger partial charge on any atom is -0.463 e. The van der Waals surface area contributed by atoms with Crippen LogP contribution in [0, 0.1) is 5.82 Å². The van der Waals surface area contributed by atoms with Gasteiger partial charge < -0.3 is 9.84 Å². The van der Waals surface area contributed by atoms with Gasteiger partial charge in [0.2, 0.25) is 10.0 Å². The van der Waals surface area contributed by atoms with Gasteiger partial charge in [0.05, 0.1) is 28.7 Å². The number of ether oxygens (including phenoxy) is 1. The number of benzene rings is 2. The van der Waals surface area contributed by atoms with Crippen molar-refractivity contribution in [1.82, 2.24) is 9.21 Å². The summed E-state index contributed by atoms with van der Waals surface area (Å²) in [7, 11) is -4.19. The Balaban J connectivity index is 1.42. The van der Waals surface area contributed by atoms with E-state index < -0.39 is 45.8 Å². The third kappa shape index (κ3) is 3.90. The number of carbonyl (C=O) groups is 3. The van der Waals surface area contributed by atoms with Crippen molar-refractivity contribution in [3.8, 4) is 0 Å². The summed E-state index contributed by atoms with van der Waals surface area (Å²) in [5.41, 5.74) is 0.526. The molecular formula is C21H19FN2O7S. The molecular weight excluding hydrogens is 443 g/mol. The highest BCUT2D eigenvalue weighted by Crippen LogP contribution is 2.28. The molecule has 2 heterocycles. The average Bonchev–Trinajstić information content (AvgIpc) is 3.28. The van der Waals surface area contributed by atoms with Crippen molar-refractivity contribution < 1.29 is 37.0 Å². The zero-order valence-electron chi connectivity index (χ0n) is 16.7. The summed E-state index contributed by atoms with van der Waals surface area (Å²) >= 11 is 0. The third-order valence-electron chi connectivity index (χ3n) is 5.36. The molecule has 2 aliphatic rings. The standard InChI is InChI=1S/C21H19FN2O7S/c22-13-5-7-15(8-6-13)32(29,30)24-12-14(25)11-18(24)21(28)31-10-9-23-19(26)16-3-1-2-4-17(16)20(23)27/h1-8,14,18,25H,9-12H2. The number of β-amino-alcohol motifs (C(OH)–C–C–N with tert-alkyl or cyclic N) is 1. The summed E-state index contributed by atoms with van der Waals surface area (Å²) in [5.74, 6) is -2.53. The largest absolute Gasteiger partial charge is 0.463 e. The van der Waals surface area contributed by atoms with E-state index in [-0.39, 0.29) is 42.1 Å². The van der Waals surface area contributed by atoms with Crippen LogP contribution in [0.5, 0.6) is 0 Å². The molecule has 0 aliphatic carbocycles. The molecule has 9 nitrogen and oxygen atoms in total. The van der Waals surface area contributed by atoms with E-state index >= 15 is 0 Å². The Morgan fingerprint density at radius 1 is 1.06 bits per heavy atom. The van der Waals surface area contributed by atoms with Crippen molar-refractivity contribution in [2.45, 2.75) is 23.5 Å². The van der Waals surface area contributed by atoms with Gasteiger partial charge in [-0.3, -0.25) is 19.3 Å². The van der Waals surface area contributed by atoms with E-state index in [0.29, 0.717) is 0 Å². The minimum atomic E-state index is -4.19. The second-order valence-electron chi connectivity index (χ2n) is 7.41. The number of hydrogen-bond acceptors (Lipinski definition) is 7. The Bertz CT molecular complexity index is 1150. The third-order valence-corrected chi connectivity index (χ3v) is 7.25. The molecule has 2 aliphatic heterocycles. The molecule has 2 aromatic carbocycles. The molecule has 168 valence electrons. The Hall–Kier alpha value is -3.15. The monoisotopic (exact) mass is 462 g/mol. The van der Waals surface area contributed by atoms with Crippen LogP contribution in [-0.2, 0) is 19.6 Å². The molecule has 0 spiro atoms. The first-order valence-corrected chi connectivity index (χ1v) is 11.2. The van der Waals surface area contributed by atoms with Crippen molar-refractivity contribution in [3.05, 3.63) is 65.5 Å². The molecule has 2 aromatic rings. The molecule has 0 bridgehead atoms. The molecule has 0 aromatic heterocycles. The second kappa shape index (κ2) is 8.41. The van der Waals surface area contributed by atoms with Crippen molar-refractivity contribution in [2.75, 3.05) is 19.7 Å². The summed E-state index contributed by atoms with van der Waals surface area (Å²) < 4.78 is 44.9. The lowest BCUT2D eigenvalue weighted by Gasteiger charge is -2.23. The molecule has 2 atom stereocenters. The normalized spacial score (nSPS) is 21.1. The number of aliphatic hydroxyl groups is 1. The van der Waals surface area contributed by atoms with Crippen LogP contribution in [0.1, 0.15) is 27.1 Å². The Labute approximate surface area is 183 Å². The molecule has 4 rings (SSSR count). The maximum atomic E-state index is 13.2. The maximum absolute atomic E-state index is 13.2. The molecule has 0 radical (unpaired) electrons. The van der Waals surface area contributed by atoms with Crippen molar-refractivity contribution in [2.24, 2.45) is 0 Å². The van der Waals surface area contributed by atoms with E-state index in [1.807, 2.05) is 0 Å². The van der Waals surface area contributed by atoms with Crippen LogP contribution in [0.15, 0.2) is 53.4 Å². The first kappa shape index (κ1) is 22.1. The molecule has 2 amide bonds. The molecule has 11 heteroatoms. The lowest BCUT2D eigenvalue weighted by molar-refractivity contribution is -0.147.